The molecule has 6 nitrogen and oxygen atoms in total. The van der Waals surface area contributed by atoms with E-state index in [1.54, 1.807) is 18.6 Å². The van der Waals surface area contributed by atoms with Gasteiger partial charge in [-0.05, 0) is 35.9 Å². The summed E-state index contributed by atoms with van der Waals surface area (Å²) in [7, 11) is 1.60. The van der Waals surface area contributed by atoms with Gasteiger partial charge in [0.2, 0.25) is 5.91 Å². The first kappa shape index (κ1) is 20.3. The van der Waals surface area contributed by atoms with E-state index in [-0.39, 0.29) is 12.5 Å². The average Bonchev–Trinajstić information content (AvgIpc) is 3.20. The molecule has 0 saturated carbocycles. The highest BCUT2D eigenvalue weighted by molar-refractivity contribution is 7.14. The van der Waals surface area contributed by atoms with Gasteiger partial charge in [0.15, 0.2) is 5.13 Å². The van der Waals surface area contributed by atoms with Crippen LogP contribution in [0.5, 0.6) is 5.75 Å². The summed E-state index contributed by atoms with van der Waals surface area (Å²) < 4.78 is 10.3. The van der Waals surface area contributed by atoms with Crippen molar-refractivity contribution in [3.63, 3.8) is 0 Å². The summed E-state index contributed by atoms with van der Waals surface area (Å²) in [6.07, 6.45) is 3.03. The summed E-state index contributed by atoms with van der Waals surface area (Å²) in [6, 6.07) is 16.6. The number of para-hydroxylation sites is 1. The van der Waals surface area contributed by atoms with Crippen molar-refractivity contribution in [2.75, 3.05) is 12.0 Å². The Labute approximate surface area is 173 Å². The van der Waals surface area contributed by atoms with Crippen LogP contribution < -0.4 is 9.64 Å². The molecule has 0 fully saturated rings. The molecule has 2 aromatic carbocycles. The van der Waals surface area contributed by atoms with Crippen LogP contribution in [0.15, 0.2) is 66.1 Å². The third-order valence-electron chi connectivity index (χ3n) is 3.95. The molecule has 1 heterocycles. The molecule has 0 atom stereocenters. The molecule has 1 amide bonds. The van der Waals surface area contributed by atoms with E-state index in [4.69, 9.17) is 9.47 Å². The summed E-state index contributed by atoms with van der Waals surface area (Å²) >= 11 is 1.32. The molecule has 0 bridgehead atoms. The highest BCUT2D eigenvalue weighted by Crippen LogP contribution is 2.28. The van der Waals surface area contributed by atoms with Gasteiger partial charge >= 0.3 is 5.97 Å². The van der Waals surface area contributed by atoms with Crippen molar-refractivity contribution in [1.29, 1.82) is 0 Å². The monoisotopic (exact) mass is 408 g/mol. The van der Waals surface area contributed by atoms with Crippen LogP contribution in [0.3, 0.4) is 0 Å². The van der Waals surface area contributed by atoms with Gasteiger partial charge in [-0.25, -0.2) is 9.78 Å². The van der Waals surface area contributed by atoms with Crippen LogP contribution in [0, 0.1) is 0 Å². The Morgan fingerprint density at radius 2 is 1.83 bits per heavy atom. The van der Waals surface area contributed by atoms with Crippen LogP contribution in [0.1, 0.15) is 18.2 Å². The number of hydrogen-bond donors (Lipinski definition) is 0. The second-order valence-corrected chi connectivity index (χ2v) is 6.86. The second-order valence-electron chi connectivity index (χ2n) is 6.03. The zero-order valence-corrected chi connectivity index (χ0v) is 16.9. The van der Waals surface area contributed by atoms with Gasteiger partial charge in [-0.3, -0.25) is 9.69 Å². The smallest absolute Gasteiger partial charge is 0.331 e. The number of carbonyl (C=O) groups excluding carboxylic acids is 2. The Bertz CT molecular complexity index is 997. The number of anilines is 2. The number of thiazole rings is 1. The van der Waals surface area contributed by atoms with E-state index in [9.17, 15) is 9.59 Å². The zero-order valence-electron chi connectivity index (χ0n) is 16.1. The van der Waals surface area contributed by atoms with Crippen LogP contribution in [0.2, 0.25) is 0 Å². The molecular weight excluding hydrogens is 388 g/mol. The Morgan fingerprint density at radius 1 is 1.10 bits per heavy atom. The van der Waals surface area contributed by atoms with Crippen molar-refractivity contribution in [1.82, 2.24) is 4.98 Å². The van der Waals surface area contributed by atoms with Gasteiger partial charge in [0.1, 0.15) is 12.4 Å². The highest BCUT2D eigenvalue weighted by Gasteiger charge is 2.17. The molecule has 3 rings (SSSR count). The van der Waals surface area contributed by atoms with Crippen molar-refractivity contribution < 1.29 is 19.1 Å². The molecule has 0 radical (unpaired) electrons. The molecule has 0 spiro atoms. The lowest BCUT2D eigenvalue weighted by Crippen LogP contribution is -2.22. The first-order valence-corrected chi connectivity index (χ1v) is 9.74. The fraction of sp³-hybridized carbons (Fsp3) is 0.136. The third kappa shape index (κ3) is 5.52. The van der Waals surface area contributed by atoms with E-state index in [0.717, 1.165) is 17.0 Å². The minimum Gasteiger partial charge on any atom is -0.497 e. The molecule has 148 valence electrons. The zero-order chi connectivity index (χ0) is 20.6. The number of hydrogen-bond acceptors (Lipinski definition) is 6. The summed E-state index contributed by atoms with van der Waals surface area (Å²) in [5, 5.41) is 2.30. The van der Waals surface area contributed by atoms with E-state index in [0.29, 0.717) is 10.8 Å². The lowest BCUT2D eigenvalue weighted by Gasteiger charge is -2.17. The lowest BCUT2D eigenvalue weighted by molar-refractivity contribution is -0.139. The van der Waals surface area contributed by atoms with E-state index in [1.165, 1.54) is 29.2 Å². The molecule has 0 aliphatic rings. The summed E-state index contributed by atoms with van der Waals surface area (Å²) in [6.45, 7) is 1.51. The van der Waals surface area contributed by atoms with Crippen molar-refractivity contribution in [2.45, 2.75) is 13.5 Å². The van der Waals surface area contributed by atoms with Gasteiger partial charge in [0.05, 0.1) is 18.5 Å². The predicted molar refractivity (Wildman–Crippen MR) is 113 cm³/mol. The minimum absolute atomic E-state index is 0.0306. The largest absolute Gasteiger partial charge is 0.497 e. The van der Waals surface area contributed by atoms with Crippen molar-refractivity contribution in [3.8, 4) is 5.75 Å². The minimum atomic E-state index is -0.471. The van der Waals surface area contributed by atoms with E-state index < -0.39 is 5.97 Å². The van der Waals surface area contributed by atoms with E-state index in [1.807, 2.05) is 54.6 Å². The number of esters is 1. The topological polar surface area (TPSA) is 68.7 Å². The number of methoxy groups -OCH3 is 1. The summed E-state index contributed by atoms with van der Waals surface area (Å²) in [5.41, 5.74) is 2.18. The molecule has 0 saturated heterocycles. The normalized spacial score (nSPS) is 10.7. The van der Waals surface area contributed by atoms with Crippen molar-refractivity contribution >= 4 is 40.1 Å². The maximum atomic E-state index is 12.1. The van der Waals surface area contributed by atoms with Gasteiger partial charge in [0.25, 0.3) is 0 Å². The Balaban J connectivity index is 1.60. The molecule has 0 aliphatic heterocycles. The molecule has 1 aromatic heterocycles. The van der Waals surface area contributed by atoms with Crippen LogP contribution in [-0.2, 0) is 20.9 Å². The van der Waals surface area contributed by atoms with E-state index in [2.05, 4.69) is 4.98 Å². The van der Waals surface area contributed by atoms with Crippen LogP contribution in [0.25, 0.3) is 6.08 Å². The lowest BCUT2D eigenvalue weighted by atomic mass is 10.2. The molecule has 0 unspecified atom stereocenters. The third-order valence-corrected chi connectivity index (χ3v) is 4.82. The SMILES string of the molecule is COc1ccc(/C=C/C(=O)OCc2csc(N(C(C)=O)c3ccccc3)n2)cc1. The van der Waals surface area contributed by atoms with Crippen LogP contribution in [-0.4, -0.2) is 24.0 Å². The van der Waals surface area contributed by atoms with Gasteiger partial charge < -0.3 is 9.47 Å². The molecular formula is C22H20N2O4S. The van der Waals surface area contributed by atoms with E-state index >= 15 is 0 Å². The Morgan fingerprint density at radius 3 is 2.48 bits per heavy atom. The maximum Gasteiger partial charge on any atom is 0.331 e. The second kappa shape index (κ2) is 9.66. The van der Waals surface area contributed by atoms with Crippen molar-refractivity contribution in [2.24, 2.45) is 0 Å². The number of carbonyl (C=O) groups is 2. The first-order chi connectivity index (χ1) is 14.1. The molecule has 3 aromatic rings. The number of amides is 1. The number of rotatable bonds is 7. The standard InChI is InChI=1S/C22H20N2O4S/c1-16(25)24(19-6-4-3-5-7-19)22-23-18(15-29-22)14-28-21(26)13-10-17-8-11-20(27-2)12-9-17/h3-13,15H,14H2,1-2H3/b13-10+. The summed E-state index contributed by atoms with van der Waals surface area (Å²) in [4.78, 5) is 30.0. The molecule has 0 aliphatic carbocycles. The number of ether oxygens (including phenoxy) is 2. The fourth-order valence-electron chi connectivity index (χ4n) is 2.54. The number of nitrogens with zero attached hydrogens (tertiary/aromatic N) is 2. The van der Waals surface area contributed by atoms with Gasteiger partial charge in [0, 0.05) is 18.4 Å². The quantitative estimate of drug-likeness (QED) is 0.422. The maximum absolute atomic E-state index is 12.1. The summed E-state index contributed by atoms with van der Waals surface area (Å²) in [5.74, 6) is 0.137. The number of aromatic nitrogens is 1. The Kier molecular flexibility index (Phi) is 6.76. The Hall–Kier alpha value is -3.45. The average molecular weight is 408 g/mol. The fourth-order valence-corrected chi connectivity index (χ4v) is 3.41. The first-order valence-electron chi connectivity index (χ1n) is 8.86. The van der Waals surface area contributed by atoms with Crippen LogP contribution >= 0.6 is 11.3 Å². The number of benzene rings is 2. The van der Waals surface area contributed by atoms with Gasteiger partial charge in [-0.2, -0.15) is 0 Å². The highest BCUT2D eigenvalue weighted by atomic mass is 32.1. The van der Waals surface area contributed by atoms with Crippen LogP contribution in [0.4, 0.5) is 10.8 Å². The van der Waals surface area contributed by atoms with Gasteiger partial charge in [-0.1, -0.05) is 30.3 Å². The predicted octanol–water partition coefficient (Wildman–Crippen LogP) is 4.59. The molecule has 29 heavy (non-hydrogen) atoms. The van der Waals surface area contributed by atoms with Gasteiger partial charge in [-0.15, -0.1) is 11.3 Å². The molecule has 0 N–H and O–H groups in total. The van der Waals surface area contributed by atoms with Crippen molar-refractivity contribution in [3.05, 3.63) is 77.3 Å². The molecule has 7 heteroatoms.